The highest BCUT2D eigenvalue weighted by atomic mass is 16.5. The Hall–Kier alpha value is -1.39. The fourth-order valence-corrected chi connectivity index (χ4v) is 2.43. The fraction of sp³-hybridized carbons (Fsp3) is 0.500. The molecular weight excluding hydrogens is 228 g/mol. The quantitative estimate of drug-likeness (QED) is 0.797. The molecule has 0 saturated heterocycles. The molecule has 1 aromatic carbocycles. The van der Waals surface area contributed by atoms with Gasteiger partial charge in [-0.25, -0.2) is 0 Å². The Labute approximate surface area is 108 Å². The third-order valence-corrected chi connectivity index (χ3v) is 3.42. The van der Waals surface area contributed by atoms with Gasteiger partial charge in [0.05, 0.1) is 12.6 Å². The van der Waals surface area contributed by atoms with Crippen molar-refractivity contribution in [2.45, 2.75) is 18.9 Å². The molecule has 0 saturated carbocycles. The van der Waals surface area contributed by atoms with E-state index in [9.17, 15) is 4.79 Å². The van der Waals surface area contributed by atoms with Crippen LogP contribution < -0.4 is 11.1 Å². The fourth-order valence-electron chi connectivity index (χ4n) is 2.43. The van der Waals surface area contributed by atoms with Crippen molar-refractivity contribution in [2.75, 3.05) is 20.3 Å². The highest BCUT2D eigenvalue weighted by molar-refractivity contribution is 5.80. The van der Waals surface area contributed by atoms with E-state index in [4.69, 9.17) is 10.5 Å². The molecule has 1 aliphatic carbocycles. The third-order valence-electron chi connectivity index (χ3n) is 3.42. The standard InChI is InChI=1S/C14H20N2O2/c1-18-9-13(8-15)16-14(17)12-6-10-4-2-3-5-11(10)7-12/h2-5,12-13H,6-9,15H2,1H3,(H,16,17). The minimum Gasteiger partial charge on any atom is -0.383 e. The van der Waals surface area contributed by atoms with Crippen molar-refractivity contribution >= 4 is 5.91 Å². The topological polar surface area (TPSA) is 64.3 Å². The molecule has 0 heterocycles. The summed E-state index contributed by atoms with van der Waals surface area (Å²) in [6.07, 6.45) is 1.65. The molecule has 0 aliphatic heterocycles. The molecule has 4 heteroatoms. The Bertz CT molecular complexity index is 395. The Morgan fingerprint density at radius 3 is 2.56 bits per heavy atom. The monoisotopic (exact) mass is 248 g/mol. The van der Waals surface area contributed by atoms with Crippen LogP contribution >= 0.6 is 0 Å². The summed E-state index contributed by atoms with van der Waals surface area (Å²) in [5, 5.41) is 2.96. The van der Waals surface area contributed by atoms with Gasteiger partial charge in [0.2, 0.25) is 5.91 Å². The second-order valence-corrected chi connectivity index (χ2v) is 4.77. The van der Waals surface area contributed by atoms with Crippen LogP contribution in [0.5, 0.6) is 0 Å². The molecule has 1 aromatic rings. The summed E-state index contributed by atoms with van der Waals surface area (Å²) in [7, 11) is 1.61. The first kappa shape index (κ1) is 13.1. The maximum Gasteiger partial charge on any atom is 0.224 e. The lowest BCUT2D eigenvalue weighted by Gasteiger charge is -2.18. The highest BCUT2D eigenvalue weighted by Gasteiger charge is 2.27. The average Bonchev–Trinajstić information content (AvgIpc) is 2.82. The van der Waals surface area contributed by atoms with E-state index in [1.807, 2.05) is 12.1 Å². The molecule has 4 nitrogen and oxygen atoms in total. The van der Waals surface area contributed by atoms with Gasteiger partial charge in [0.25, 0.3) is 0 Å². The number of ether oxygens (including phenoxy) is 1. The smallest absolute Gasteiger partial charge is 0.224 e. The first-order valence-corrected chi connectivity index (χ1v) is 6.30. The van der Waals surface area contributed by atoms with Gasteiger partial charge in [-0.2, -0.15) is 0 Å². The summed E-state index contributed by atoms with van der Waals surface area (Å²) < 4.78 is 5.03. The van der Waals surface area contributed by atoms with Gasteiger partial charge in [-0.3, -0.25) is 4.79 Å². The molecule has 1 unspecified atom stereocenters. The van der Waals surface area contributed by atoms with Crippen LogP contribution in [0.3, 0.4) is 0 Å². The van der Waals surface area contributed by atoms with E-state index in [1.54, 1.807) is 7.11 Å². The van der Waals surface area contributed by atoms with Crippen molar-refractivity contribution < 1.29 is 9.53 Å². The molecule has 1 amide bonds. The summed E-state index contributed by atoms with van der Waals surface area (Å²) in [6, 6.07) is 8.14. The first-order chi connectivity index (χ1) is 8.74. The van der Waals surface area contributed by atoms with Gasteiger partial charge in [0.15, 0.2) is 0 Å². The largest absolute Gasteiger partial charge is 0.383 e. The second kappa shape index (κ2) is 5.98. The summed E-state index contributed by atoms with van der Waals surface area (Å²) in [6.45, 7) is 0.862. The molecule has 98 valence electrons. The Kier molecular flexibility index (Phi) is 4.33. The number of nitrogens with one attached hydrogen (secondary N) is 1. The number of hydrogen-bond donors (Lipinski definition) is 2. The van der Waals surface area contributed by atoms with E-state index in [-0.39, 0.29) is 17.9 Å². The number of fused-ring (bicyclic) bond motifs is 1. The summed E-state index contributed by atoms with van der Waals surface area (Å²) in [4.78, 5) is 12.1. The molecular formula is C14H20N2O2. The highest BCUT2D eigenvalue weighted by Crippen LogP contribution is 2.26. The molecule has 18 heavy (non-hydrogen) atoms. The Morgan fingerprint density at radius 1 is 1.44 bits per heavy atom. The average molecular weight is 248 g/mol. The second-order valence-electron chi connectivity index (χ2n) is 4.77. The van der Waals surface area contributed by atoms with Crippen LogP contribution in [-0.2, 0) is 22.4 Å². The van der Waals surface area contributed by atoms with Gasteiger partial charge in [0.1, 0.15) is 0 Å². The van der Waals surface area contributed by atoms with Crippen molar-refractivity contribution in [3.63, 3.8) is 0 Å². The maximum absolute atomic E-state index is 12.1. The lowest BCUT2D eigenvalue weighted by molar-refractivity contribution is -0.125. The first-order valence-electron chi connectivity index (χ1n) is 6.30. The predicted molar refractivity (Wildman–Crippen MR) is 70.2 cm³/mol. The van der Waals surface area contributed by atoms with Crippen LogP contribution in [0.25, 0.3) is 0 Å². The molecule has 0 bridgehead atoms. The van der Waals surface area contributed by atoms with Gasteiger partial charge >= 0.3 is 0 Å². The van der Waals surface area contributed by atoms with E-state index >= 15 is 0 Å². The van der Waals surface area contributed by atoms with E-state index in [1.165, 1.54) is 11.1 Å². The molecule has 2 rings (SSSR count). The molecule has 0 radical (unpaired) electrons. The molecule has 0 aromatic heterocycles. The lowest BCUT2D eigenvalue weighted by Crippen LogP contribution is -2.45. The molecule has 0 fully saturated rings. The van der Waals surface area contributed by atoms with Crippen molar-refractivity contribution in [2.24, 2.45) is 11.7 Å². The number of carbonyl (C=O) groups excluding carboxylic acids is 1. The van der Waals surface area contributed by atoms with Crippen molar-refractivity contribution in [1.29, 1.82) is 0 Å². The van der Waals surface area contributed by atoms with Crippen molar-refractivity contribution in [3.8, 4) is 0 Å². The number of carbonyl (C=O) groups is 1. The van der Waals surface area contributed by atoms with Crippen LogP contribution in [0, 0.1) is 5.92 Å². The van der Waals surface area contributed by atoms with Crippen LogP contribution in [0.4, 0.5) is 0 Å². The van der Waals surface area contributed by atoms with Gasteiger partial charge in [-0.05, 0) is 24.0 Å². The Balaban J connectivity index is 1.92. The molecule has 3 N–H and O–H groups in total. The summed E-state index contributed by atoms with van der Waals surface area (Å²) >= 11 is 0. The van der Waals surface area contributed by atoms with Gasteiger partial charge in [-0.1, -0.05) is 24.3 Å². The molecule has 0 spiro atoms. The third kappa shape index (κ3) is 2.89. The van der Waals surface area contributed by atoms with Crippen LogP contribution in [0.2, 0.25) is 0 Å². The lowest BCUT2D eigenvalue weighted by atomic mass is 10.1. The SMILES string of the molecule is COCC(CN)NC(=O)C1Cc2ccccc2C1. The zero-order valence-corrected chi connectivity index (χ0v) is 10.7. The van der Waals surface area contributed by atoms with Crippen LogP contribution in [0.1, 0.15) is 11.1 Å². The summed E-state index contributed by atoms with van der Waals surface area (Å²) in [5.41, 5.74) is 8.17. The van der Waals surface area contributed by atoms with Gasteiger partial charge in [-0.15, -0.1) is 0 Å². The number of rotatable bonds is 5. The zero-order chi connectivity index (χ0) is 13.0. The number of methoxy groups -OCH3 is 1. The molecule has 1 aliphatic rings. The predicted octanol–water partition coefficient (Wildman–Crippen LogP) is 0.491. The van der Waals surface area contributed by atoms with E-state index in [2.05, 4.69) is 17.4 Å². The zero-order valence-electron chi connectivity index (χ0n) is 10.7. The number of nitrogens with two attached hydrogens (primary N) is 1. The minimum absolute atomic E-state index is 0.0355. The van der Waals surface area contributed by atoms with E-state index in [0.717, 1.165) is 12.8 Å². The molecule has 1 atom stereocenters. The number of benzene rings is 1. The Morgan fingerprint density at radius 2 is 2.06 bits per heavy atom. The summed E-state index contributed by atoms with van der Waals surface area (Å²) in [5.74, 6) is 0.118. The van der Waals surface area contributed by atoms with Crippen molar-refractivity contribution in [1.82, 2.24) is 5.32 Å². The minimum atomic E-state index is -0.0915. The van der Waals surface area contributed by atoms with Gasteiger partial charge in [0, 0.05) is 19.6 Å². The van der Waals surface area contributed by atoms with Gasteiger partial charge < -0.3 is 15.8 Å². The number of hydrogen-bond acceptors (Lipinski definition) is 3. The normalized spacial score (nSPS) is 16.3. The number of amides is 1. The van der Waals surface area contributed by atoms with Crippen LogP contribution in [-0.4, -0.2) is 32.2 Å². The van der Waals surface area contributed by atoms with Crippen LogP contribution in [0.15, 0.2) is 24.3 Å². The van der Waals surface area contributed by atoms with Crippen molar-refractivity contribution in [3.05, 3.63) is 35.4 Å². The van der Waals surface area contributed by atoms with E-state index < -0.39 is 0 Å². The maximum atomic E-state index is 12.1. The van der Waals surface area contributed by atoms with E-state index in [0.29, 0.717) is 13.2 Å².